The number of pyridine rings is 1. The molecule has 0 aliphatic heterocycles. The Kier molecular flexibility index (Phi) is 2.92. The van der Waals surface area contributed by atoms with Gasteiger partial charge in [0, 0.05) is 18.9 Å². The first-order chi connectivity index (χ1) is 6.03. The van der Waals surface area contributed by atoms with Crippen LogP contribution in [0.15, 0.2) is 18.5 Å². The molecule has 0 saturated heterocycles. The highest BCUT2D eigenvalue weighted by molar-refractivity contribution is 6.57. The van der Waals surface area contributed by atoms with Crippen LogP contribution in [0.4, 0.5) is 12.9 Å². The van der Waals surface area contributed by atoms with Crippen LogP contribution in [0.1, 0.15) is 11.1 Å². The summed E-state index contributed by atoms with van der Waals surface area (Å²) in [5, 5.41) is 0. The maximum Gasteiger partial charge on any atom is 0.482 e. The average Bonchev–Trinajstić information content (AvgIpc) is 2.02. The second-order valence-corrected chi connectivity index (χ2v) is 2.76. The van der Waals surface area contributed by atoms with Crippen LogP contribution >= 0.6 is 0 Å². The molecule has 0 atom stereocenters. The molecular weight excluding hydrogens is 180 g/mol. The Balaban J connectivity index is 2.87. The van der Waals surface area contributed by atoms with Gasteiger partial charge in [-0.2, -0.15) is 0 Å². The fraction of sp³-hybridized carbons (Fsp3) is 0.286. The number of nitrogens with two attached hydrogens (primary N) is 1. The highest BCUT2D eigenvalue weighted by Gasteiger charge is 2.24. The molecule has 72 valence electrons. The van der Waals surface area contributed by atoms with E-state index in [1.807, 2.05) is 0 Å². The molecular formula is C7H9BF3N2-. The quantitative estimate of drug-likeness (QED) is 0.731. The molecule has 0 aliphatic carbocycles. The van der Waals surface area contributed by atoms with Gasteiger partial charge >= 0.3 is 6.98 Å². The molecule has 2 N–H and O–H groups in total. The SMILES string of the molecule is NCc1cnccc1C[B-](F)(F)F. The van der Waals surface area contributed by atoms with Crippen molar-refractivity contribution >= 4 is 6.98 Å². The predicted molar refractivity (Wildman–Crippen MR) is 44.9 cm³/mol. The van der Waals surface area contributed by atoms with Crippen LogP contribution in [-0.4, -0.2) is 12.0 Å². The normalized spacial score (nSPS) is 11.7. The molecule has 1 aromatic rings. The minimum Gasteiger partial charge on any atom is -0.449 e. The van der Waals surface area contributed by atoms with Crippen LogP contribution < -0.4 is 5.73 Å². The summed E-state index contributed by atoms with van der Waals surface area (Å²) in [6.07, 6.45) is 1.84. The zero-order chi connectivity index (χ0) is 9.90. The third-order valence-corrected chi connectivity index (χ3v) is 1.68. The van der Waals surface area contributed by atoms with Crippen molar-refractivity contribution in [3.63, 3.8) is 0 Å². The van der Waals surface area contributed by atoms with Gasteiger partial charge in [0.2, 0.25) is 0 Å². The standard InChI is InChI=1S/C7H9BF3N2/c9-8(10,11)3-6-1-2-13-5-7(6)4-12/h1-2,5H,3-4,12H2/q-1. The highest BCUT2D eigenvalue weighted by Crippen LogP contribution is 2.18. The van der Waals surface area contributed by atoms with Gasteiger partial charge in [-0.3, -0.25) is 4.98 Å². The van der Waals surface area contributed by atoms with Crippen molar-refractivity contribution in [3.8, 4) is 0 Å². The van der Waals surface area contributed by atoms with E-state index in [0.717, 1.165) is 0 Å². The fourth-order valence-electron chi connectivity index (χ4n) is 1.09. The van der Waals surface area contributed by atoms with Crippen molar-refractivity contribution in [3.05, 3.63) is 29.6 Å². The van der Waals surface area contributed by atoms with Crippen molar-refractivity contribution in [2.45, 2.75) is 12.9 Å². The molecule has 0 bridgehead atoms. The number of halogens is 3. The van der Waals surface area contributed by atoms with Crippen LogP contribution in [0, 0.1) is 0 Å². The lowest BCUT2D eigenvalue weighted by molar-refractivity contribution is 0.468. The Morgan fingerprint density at radius 3 is 2.54 bits per heavy atom. The van der Waals surface area contributed by atoms with E-state index in [-0.39, 0.29) is 12.1 Å². The predicted octanol–water partition coefficient (Wildman–Crippen LogP) is 1.47. The van der Waals surface area contributed by atoms with Crippen LogP contribution in [-0.2, 0) is 12.9 Å². The van der Waals surface area contributed by atoms with Crippen molar-refractivity contribution in [1.82, 2.24) is 4.98 Å². The number of aromatic nitrogens is 1. The van der Waals surface area contributed by atoms with Crippen LogP contribution in [0.5, 0.6) is 0 Å². The van der Waals surface area contributed by atoms with Crippen molar-refractivity contribution in [2.75, 3.05) is 0 Å². The Morgan fingerprint density at radius 2 is 2.00 bits per heavy atom. The van der Waals surface area contributed by atoms with Crippen LogP contribution in [0.25, 0.3) is 0 Å². The van der Waals surface area contributed by atoms with Gasteiger partial charge in [0.25, 0.3) is 0 Å². The maximum absolute atomic E-state index is 12.1. The summed E-state index contributed by atoms with van der Waals surface area (Å²) in [5.74, 6) is 0. The van der Waals surface area contributed by atoms with Gasteiger partial charge in [0.1, 0.15) is 0 Å². The minimum atomic E-state index is -4.79. The highest BCUT2D eigenvalue weighted by atomic mass is 19.4. The van der Waals surface area contributed by atoms with Gasteiger partial charge < -0.3 is 18.7 Å². The van der Waals surface area contributed by atoms with Crippen molar-refractivity contribution < 1.29 is 12.9 Å². The van der Waals surface area contributed by atoms with E-state index in [1.54, 1.807) is 0 Å². The molecule has 0 aromatic carbocycles. The maximum atomic E-state index is 12.1. The zero-order valence-electron chi connectivity index (χ0n) is 6.88. The molecule has 0 radical (unpaired) electrons. The first-order valence-electron chi connectivity index (χ1n) is 3.86. The summed E-state index contributed by atoms with van der Waals surface area (Å²) in [6.45, 7) is -4.70. The third-order valence-electron chi connectivity index (χ3n) is 1.68. The van der Waals surface area contributed by atoms with E-state index in [2.05, 4.69) is 4.98 Å². The molecule has 0 fully saturated rings. The Hall–Kier alpha value is -1.04. The van der Waals surface area contributed by atoms with E-state index >= 15 is 0 Å². The number of nitrogens with zero attached hydrogens (tertiary/aromatic N) is 1. The van der Waals surface area contributed by atoms with Gasteiger partial charge in [-0.25, -0.2) is 0 Å². The second-order valence-electron chi connectivity index (χ2n) is 2.76. The topological polar surface area (TPSA) is 38.9 Å². The molecule has 0 unspecified atom stereocenters. The Labute approximate surface area is 74.0 Å². The molecule has 0 spiro atoms. The summed E-state index contributed by atoms with van der Waals surface area (Å²) in [5.41, 5.74) is 5.96. The van der Waals surface area contributed by atoms with E-state index in [0.29, 0.717) is 5.56 Å². The molecule has 13 heavy (non-hydrogen) atoms. The molecule has 0 aliphatic rings. The minimum absolute atomic E-state index is 0.0926. The Bertz CT molecular complexity index is 287. The largest absolute Gasteiger partial charge is 0.482 e. The molecule has 2 nitrogen and oxygen atoms in total. The number of hydrogen-bond acceptors (Lipinski definition) is 2. The number of hydrogen-bond donors (Lipinski definition) is 1. The summed E-state index contributed by atoms with van der Waals surface area (Å²) in [7, 11) is 0. The lowest BCUT2D eigenvalue weighted by atomic mass is 9.81. The van der Waals surface area contributed by atoms with E-state index < -0.39 is 13.3 Å². The van der Waals surface area contributed by atoms with Crippen molar-refractivity contribution in [1.29, 1.82) is 0 Å². The van der Waals surface area contributed by atoms with Gasteiger partial charge in [0.05, 0.1) is 0 Å². The lowest BCUT2D eigenvalue weighted by Crippen LogP contribution is -2.21. The summed E-state index contributed by atoms with van der Waals surface area (Å²) in [6, 6.07) is 1.36. The summed E-state index contributed by atoms with van der Waals surface area (Å²) in [4.78, 5) is 3.71. The van der Waals surface area contributed by atoms with E-state index in [4.69, 9.17) is 5.73 Å². The average molecular weight is 189 g/mol. The Morgan fingerprint density at radius 1 is 1.31 bits per heavy atom. The summed E-state index contributed by atoms with van der Waals surface area (Å²) >= 11 is 0. The number of rotatable bonds is 3. The zero-order valence-corrected chi connectivity index (χ0v) is 6.88. The summed E-state index contributed by atoms with van der Waals surface area (Å²) < 4.78 is 36.2. The smallest absolute Gasteiger partial charge is 0.449 e. The fourth-order valence-corrected chi connectivity index (χ4v) is 1.09. The molecule has 1 heterocycles. The molecule has 1 aromatic heterocycles. The second kappa shape index (κ2) is 3.78. The molecule has 6 heteroatoms. The van der Waals surface area contributed by atoms with Gasteiger partial charge in [-0.15, -0.1) is 0 Å². The van der Waals surface area contributed by atoms with Crippen LogP contribution in [0.3, 0.4) is 0 Å². The van der Waals surface area contributed by atoms with Gasteiger partial charge in [-0.05, 0) is 11.6 Å². The van der Waals surface area contributed by atoms with Crippen LogP contribution in [0.2, 0.25) is 0 Å². The lowest BCUT2D eigenvalue weighted by Gasteiger charge is -2.15. The first kappa shape index (κ1) is 10.0. The van der Waals surface area contributed by atoms with Crippen molar-refractivity contribution in [2.24, 2.45) is 5.73 Å². The molecule has 1 rings (SSSR count). The monoisotopic (exact) mass is 189 g/mol. The van der Waals surface area contributed by atoms with E-state index in [1.165, 1.54) is 18.5 Å². The van der Waals surface area contributed by atoms with E-state index in [9.17, 15) is 12.9 Å². The first-order valence-corrected chi connectivity index (χ1v) is 3.86. The molecule has 0 saturated carbocycles. The third kappa shape index (κ3) is 3.06. The van der Waals surface area contributed by atoms with Gasteiger partial charge in [0.15, 0.2) is 0 Å². The van der Waals surface area contributed by atoms with Gasteiger partial charge in [-0.1, -0.05) is 11.9 Å². The molecule has 0 amide bonds.